The number of nitrogens with zero attached hydrogens (tertiary/aromatic N) is 2. The summed E-state index contributed by atoms with van der Waals surface area (Å²) < 4.78 is 25.4. The fraction of sp³-hybridized carbons (Fsp3) is 0.529. The minimum absolute atomic E-state index is 0.0166. The van der Waals surface area contributed by atoms with Gasteiger partial charge in [-0.25, -0.2) is 13.2 Å². The monoisotopic (exact) mass is 382 g/mol. The summed E-state index contributed by atoms with van der Waals surface area (Å²) in [5.41, 5.74) is -0.116. The maximum atomic E-state index is 12.7. The van der Waals surface area contributed by atoms with Crippen molar-refractivity contribution in [1.29, 1.82) is 0 Å². The summed E-state index contributed by atoms with van der Waals surface area (Å²) in [6.45, 7) is 2.50. The molecule has 1 aromatic rings. The van der Waals surface area contributed by atoms with E-state index in [9.17, 15) is 23.1 Å². The average Bonchev–Trinajstić information content (AvgIpc) is 2.94. The Bertz CT molecular complexity index is 843. The van der Waals surface area contributed by atoms with Crippen molar-refractivity contribution in [1.82, 2.24) is 4.90 Å². The number of carbonyl (C=O) groups is 2. The van der Waals surface area contributed by atoms with E-state index < -0.39 is 21.6 Å². The van der Waals surface area contributed by atoms with E-state index in [0.29, 0.717) is 29.8 Å². The zero-order valence-electron chi connectivity index (χ0n) is 14.5. The molecular weight excluding hydrogens is 360 g/mol. The van der Waals surface area contributed by atoms with Crippen molar-refractivity contribution < 1.29 is 28.2 Å². The van der Waals surface area contributed by atoms with E-state index in [1.54, 1.807) is 25.1 Å². The summed E-state index contributed by atoms with van der Waals surface area (Å²) in [6, 6.07) is 4.92. The highest BCUT2D eigenvalue weighted by Gasteiger charge is 2.40. The fourth-order valence-electron chi connectivity index (χ4n) is 3.44. The molecule has 9 heteroatoms. The third-order valence-corrected chi connectivity index (χ3v) is 6.97. The molecule has 0 spiro atoms. The molecule has 0 atom stereocenters. The SMILES string of the molecule is Cc1cc(N2CCCS2(=O)=O)ccc1C(=O)N1CCC(O)(C(=O)O)CC1. The van der Waals surface area contributed by atoms with Gasteiger partial charge in [0.25, 0.3) is 5.91 Å². The molecule has 0 aliphatic carbocycles. The van der Waals surface area contributed by atoms with Gasteiger partial charge in [0.1, 0.15) is 0 Å². The molecular formula is C17H22N2O6S. The molecule has 8 nitrogen and oxygen atoms in total. The standard InChI is InChI=1S/C17H22N2O6S/c1-12-11-13(19-7-2-10-26(19,24)25)3-4-14(12)15(20)18-8-5-17(23,6-9-18)16(21)22/h3-4,11,23H,2,5-10H2,1H3,(H,21,22). The number of hydrogen-bond donors (Lipinski definition) is 2. The van der Waals surface area contributed by atoms with E-state index in [-0.39, 0.29) is 37.6 Å². The molecule has 0 saturated carbocycles. The lowest BCUT2D eigenvalue weighted by molar-refractivity contribution is -0.162. The number of aliphatic carboxylic acids is 1. The Balaban J connectivity index is 1.76. The lowest BCUT2D eigenvalue weighted by Crippen LogP contribution is -2.50. The van der Waals surface area contributed by atoms with Crippen molar-refractivity contribution in [3.8, 4) is 0 Å². The van der Waals surface area contributed by atoms with Crippen LogP contribution in [0.25, 0.3) is 0 Å². The Morgan fingerprint density at radius 2 is 1.81 bits per heavy atom. The molecule has 0 unspecified atom stereocenters. The maximum Gasteiger partial charge on any atom is 0.335 e. The van der Waals surface area contributed by atoms with Crippen molar-refractivity contribution in [2.45, 2.75) is 31.8 Å². The third-order valence-electron chi connectivity index (χ3n) is 5.10. The number of hydrogen-bond acceptors (Lipinski definition) is 5. The number of amides is 1. The second kappa shape index (κ2) is 6.55. The van der Waals surface area contributed by atoms with Gasteiger partial charge in [-0.3, -0.25) is 9.10 Å². The average molecular weight is 382 g/mol. The highest BCUT2D eigenvalue weighted by Crippen LogP contribution is 2.28. The zero-order valence-corrected chi connectivity index (χ0v) is 15.3. The van der Waals surface area contributed by atoms with Gasteiger partial charge in [-0.1, -0.05) is 0 Å². The predicted octanol–water partition coefficient (Wildman–Crippen LogP) is 0.587. The fourth-order valence-corrected chi connectivity index (χ4v) is 4.99. The molecule has 2 N–H and O–H groups in total. The normalized spacial score (nSPS) is 21.6. The molecule has 0 radical (unpaired) electrons. The number of sulfonamides is 1. The number of carbonyl (C=O) groups excluding carboxylic acids is 1. The number of benzene rings is 1. The van der Waals surface area contributed by atoms with Gasteiger partial charge in [0.05, 0.1) is 11.4 Å². The van der Waals surface area contributed by atoms with Crippen molar-refractivity contribution in [2.75, 3.05) is 29.7 Å². The van der Waals surface area contributed by atoms with Gasteiger partial charge in [-0.15, -0.1) is 0 Å². The number of likely N-dealkylation sites (tertiary alicyclic amines) is 1. The molecule has 1 amide bonds. The summed E-state index contributed by atoms with van der Waals surface area (Å²) in [6.07, 6.45) is 0.552. The number of anilines is 1. The van der Waals surface area contributed by atoms with Crippen LogP contribution in [0.4, 0.5) is 5.69 Å². The van der Waals surface area contributed by atoms with Gasteiger partial charge >= 0.3 is 5.97 Å². The van der Waals surface area contributed by atoms with E-state index in [1.165, 1.54) is 9.21 Å². The molecule has 2 fully saturated rings. The Morgan fingerprint density at radius 1 is 1.15 bits per heavy atom. The number of aliphatic hydroxyl groups is 1. The molecule has 26 heavy (non-hydrogen) atoms. The van der Waals surface area contributed by atoms with Crippen molar-refractivity contribution in [3.63, 3.8) is 0 Å². The van der Waals surface area contributed by atoms with E-state index in [1.807, 2.05) is 0 Å². The van der Waals surface area contributed by atoms with E-state index in [2.05, 4.69) is 0 Å². The van der Waals surface area contributed by atoms with Crippen molar-refractivity contribution in [3.05, 3.63) is 29.3 Å². The first-order chi connectivity index (χ1) is 12.1. The highest BCUT2D eigenvalue weighted by molar-refractivity contribution is 7.93. The van der Waals surface area contributed by atoms with Crippen molar-refractivity contribution in [2.24, 2.45) is 0 Å². The summed E-state index contributed by atoms with van der Waals surface area (Å²) in [5.74, 6) is -1.38. The number of aryl methyl sites for hydroxylation is 1. The van der Waals surface area contributed by atoms with Crippen LogP contribution in [0.15, 0.2) is 18.2 Å². The van der Waals surface area contributed by atoms with Crippen LogP contribution in [0, 0.1) is 6.92 Å². The molecule has 2 saturated heterocycles. The second-order valence-electron chi connectivity index (χ2n) is 6.87. The number of piperidine rings is 1. The van der Waals surface area contributed by atoms with Crippen LogP contribution in [0.2, 0.25) is 0 Å². The minimum atomic E-state index is -3.28. The highest BCUT2D eigenvalue weighted by atomic mass is 32.2. The lowest BCUT2D eigenvalue weighted by atomic mass is 9.91. The third kappa shape index (κ3) is 3.28. The first kappa shape index (κ1) is 18.7. The first-order valence-corrected chi connectivity index (χ1v) is 10.1. The number of carboxylic acid groups (broad SMARTS) is 1. The molecule has 0 bridgehead atoms. The maximum absolute atomic E-state index is 12.7. The predicted molar refractivity (Wildman–Crippen MR) is 94.7 cm³/mol. The molecule has 1 aromatic carbocycles. The summed E-state index contributed by atoms with van der Waals surface area (Å²) >= 11 is 0. The largest absolute Gasteiger partial charge is 0.479 e. The van der Waals surface area contributed by atoms with Crippen LogP contribution in [0.5, 0.6) is 0 Å². The van der Waals surface area contributed by atoms with Gasteiger partial charge in [0.15, 0.2) is 5.60 Å². The Hall–Kier alpha value is -2.13. The summed E-state index contributed by atoms with van der Waals surface area (Å²) in [4.78, 5) is 25.3. The molecule has 142 valence electrons. The molecule has 2 heterocycles. The molecule has 2 aliphatic heterocycles. The summed E-state index contributed by atoms with van der Waals surface area (Å²) in [5, 5.41) is 19.0. The van der Waals surface area contributed by atoms with Gasteiger partial charge in [-0.05, 0) is 37.1 Å². The van der Waals surface area contributed by atoms with E-state index in [4.69, 9.17) is 5.11 Å². The molecule has 2 aliphatic rings. The van der Waals surface area contributed by atoms with Crippen LogP contribution >= 0.6 is 0 Å². The van der Waals surface area contributed by atoms with Crippen LogP contribution in [-0.2, 0) is 14.8 Å². The van der Waals surface area contributed by atoms with Crippen LogP contribution in [-0.4, -0.2) is 66.4 Å². The smallest absolute Gasteiger partial charge is 0.335 e. The molecule has 3 rings (SSSR count). The lowest BCUT2D eigenvalue weighted by Gasteiger charge is -2.35. The van der Waals surface area contributed by atoms with Gasteiger partial charge in [-0.2, -0.15) is 0 Å². The van der Waals surface area contributed by atoms with Gasteiger partial charge < -0.3 is 15.1 Å². The minimum Gasteiger partial charge on any atom is -0.479 e. The van der Waals surface area contributed by atoms with E-state index in [0.717, 1.165) is 0 Å². The first-order valence-electron chi connectivity index (χ1n) is 8.50. The number of rotatable bonds is 3. The Kier molecular flexibility index (Phi) is 4.70. The van der Waals surface area contributed by atoms with Crippen LogP contribution in [0.3, 0.4) is 0 Å². The Labute approximate surface area is 152 Å². The topological polar surface area (TPSA) is 115 Å². The second-order valence-corrected chi connectivity index (χ2v) is 8.88. The summed E-state index contributed by atoms with van der Waals surface area (Å²) in [7, 11) is -3.28. The Morgan fingerprint density at radius 3 is 2.31 bits per heavy atom. The zero-order chi connectivity index (χ0) is 19.1. The van der Waals surface area contributed by atoms with Gasteiger partial charge in [0.2, 0.25) is 10.0 Å². The van der Waals surface area contributed by atoms with Crippen molar-refractivity contribution >= 4 is 27.6 Å². The van der Waals surface area contributed by atoms with Crippen LogP contribution in [0.1, 0.15) is 35.2 Å². The quantitative estimate of drug-likeness (QED) is 0.790. The molecule has 0 aromatic heterocycles. The van der Waals surface area contributed by atoms with Gasteiger partial charge in [0, 0.05) is 38.0 Å². The van der Waals surface area contributed by atoms with Crippen LogP contribution < -0.4 is 4.31 Å². The number of carboxylic acids is 1. The van der Waals surface area contributed by atoms with E-state index >= 15 is 0 Å².